The molecule has 194 valence electrons. The number of benzene rings is 3. The lowest BCUT2D eigenvalue weighted by Crippen LogP contribution is -2.41. The molecule has 1 unspecified atom stereocenters. The van der Waals surface area contributed by atoms with E-state index in [9.17, 15) is 14.0 Å². The number of hydrogen-bond acceptors (Lipinski definition) is 5. The third-order valence-electron chi connectivity index (χ3n) is 6.01. The van der Waals surface area contributed by atoms with E-state index in [0.29, 0.717) is 22.7 Å². The van der Waals surface area contributed by atoms with Crippen molar-refractivity contribution >= 4 is 17.5 Å². The van der Waals surface area contributed by atoms with Crippen LogP contribution in [0.4, 0.5) is 10.1 Å². The number of anilines is 1. The monoisotopic (exact) mass is 513 g/mol. The Morgan fingerprint density at radius 2 is 1.66 bits per heavy atom. The Morgan fingerprint density at radius 3 is 2.32 bits per heavy atom. The van der Waals surface area contributed by atoms with E-state index in [4.69, 9.17) is 9.47 Å². The Balaban J connectivity index is 1.75. The maximum absolute atomic E-state index is 13.9. The van der Waals surface area contributed by atoms with E-state index in [1.807, 2.05) is 36.4 Å². The molecule has 0 fully saturated rings. The van der Waals surface area contributed by atoms with E-state index >= 15 is 0 Å². The maximum atomic E-state index is 13.9. The lowest BCUT2D eigenvalue weighted by molar-refractivity contribution is -0.139. The van der Waals surface area contributed by atoms with E-state index in [1.54, 1.807) is 36.7 Å². The van der Waals surface area contributed by atoms with Crippen molar-refractivity contribution in [1.29, 1.82) is 0 Å². The molecule has 3 aromatic carbocycles. The van der Waals surface area contributed by atoms with Crippen molar-refractivity contribution in [2.45, 2.75) is 19.0 Å². The normalized spacial score (nSPS) is 11.3. The van der Waals surface area contributed by atoms with Crippen molar-refractivity contribution in [3.63, 3.8) is 0 Å². The summed E-state index contributed by atoms with van der Waals surface area (Å²) in [6.45, 7) is 0.120. The molecule has 1 aromatic heterocycles. The van der Waals surface area contributed by atoms with Gasteiger partial charge in [0, 0.05) is 25.0 Å². The van der Waals surface area contributed by atoms with Crippen LogP contribution in [0.5, 0.6) is 11.5 Å². The van der Waals surface area contributed by atoms with Gasteiger partial charge in [-0.2, -0.15) is 0 Å². The quantitative estimate of drug-likeness (QED) is 0.316. The number of amides is 2. The summed E-state index contributed by atoms with van der Waals surface area (Å²) in [6, 6.07) is 22.4. The number of halogens is 1. The largest absolute Gasteiger partial charge is 0.497 e. The average molecular weight is 514 g/mol. The first-order valence-electron chi connectivity index (χ1n) is 12.0. The lowest BCUT2D eigenvalue weighted by atomic mass is 10.0. The van der Waals surface area contributed by atoms with E-state index in [2.05, 4.69) is 10.3 Å². The predicted molar refractivity (Wildman–Crippen MR) is 142 cm³/mol. The average Bonchev–Trinajstić information content (AvgIpc) is 2.95. The Hall–Kier alpha value is -4.72. The summed E-state index contributed by atoms with van der Waals surface area (Å²) in [4.78, 5) is 33.3. The van der Waals surface area contributed by atoms with Crippen LogP contribution in [0.3, 0.4) is 0 Å². The van der Waals surface area contributed by atoms with Crippen LogP contribution >= 0.6 is 0 Å². The Morgan fingerprint density at radius 1 is 0.921 bits per heavy atom. The SMILES string of the molecule is COc1ccc(NC(=O)C(c2ccc(F)cc2)N(Cc2cccnc2)C(=O)Cc2ccccc2)c(OC)c1. The first-order valence-corrected chi connectivity index (χ1v) is 12.0. The smallest absolute Gasteiger partial charge is 0.251 e. The standard InChI is InChI=1S/C30H28FN3O4/c1-37-25-14-15-26(27(18-25)38-2)33-30(36)29(23-10-12-24(31)13-11-23)34(20-22-9-6-16-32-19-22)28(35)17-21-7-4-3-5-8-21/h3-16,18-19,29H,17,20H2,1-2H3,(H,33,36). The molecular weight excluding hydrogens is 485 g/mol. The van der Waals surface area contributed by atoms with Crippen molar-refractivity contribution < 1.29 is 23.5 Å². The van der Waals surface area contributed by atoms with Gasteiger partial charge in [0.05, 0.1) is 26.3 Å². The second kappa shape index (κ2) is 12.5. The van der Waals surface area contributed by atoms with Crippen molar-refractivity contribution in [1.82, 2.24) is 9.88 Å². The second-order valence-electron chi connectivity index (χ2n) is 8.55. The van der Waals surface area contributed by atoms with Crippen LogP contribution in [0.15, 0.2) is 97.3 Å². The van der Waals surface area contributed by atoms with Crippen LogP contribution in [0, 0.1) is 5.82 Å². The van der Waals surface area contributed by atoms with Gasteiger partial charge in [0.1, 0.15) is 23.4 Å². The van der Waals surface area contributed by atoms with Crippen LogP contribution in [0.2, 0.25) is 0 Å². The zero-order valence-corrected chi connectivity index (χ0v) is 21.1. The highest BCUT2D eigenvalue weighted by molar-refractivity contribution is 5.99. The molecule has 1 atom stereocenters. The zero-order chi connectivity index (χ0) is 26.9. The number of carbonyl (C=O) groups excluding carboxylic acids is 2. The summed E-state index contributed by atoms with van der Waals surface area (Å²) in [5.41, 5.74) is 2.42. The van der Waals surface area contributed by atoms with Crippen LogP contribution in [-0.2, 0) is 22.6 Å². The molecule has 0 saturated heterocycles. The third-order valence-corrected chi connectivity index (χ3v) is 6.01. The molecule has 4 rings (SSSR count). The summed E-state index contributed by atoms with van der Waals surface area (Å²) in [6.07, 6.45) is 3.37. The number of methoxy groups -OCH3 is 2. The van der Waals surface area contributed by atoms with Crippen molar-refractivity contribution in [3.8, 4) is 11.5 Å². The first kappa shape index (κ1) is 26.3. The summed E-state index contributed by atoms with van der Waals surface area (Å²) >= 11 is 0. The van der Waals surface area contributed by atoms with Crippen LogP contribution in [-0.4, -0.2) is 35.9 Å². The van der Waals surface area contributed by atoms with Gasteiger partial charge in [0.25, 0.3) is 5.91 Å². The molecule has 8 heteroatoms. The van der Waals surface area contributed by atoms with E-state index < -0.39 is 17.8 Å². The zero-order valence-electron chi connectivity index (χ0n) is 21.1. The number of aromatic nitrogens is 1. The fourth-order valence-electron chi connectivity index (χ4n) is 4.10. The fraction of sp³-hybridized carbons (Fsp3) is 0.167. The van der Waals surface area contributed by atoms with Gasteiger partial charge in [0.2, 0.25) is 5.91 Å². The van der Waals surface area contributed by atoms with Gasteiger partial charge in [-0.1, -0.05) is 48.5 Å². The van der Waals surface area contributed by atoms with Gasteiger partial charge in [-0.05, 0) is 47.0 Å². The Labute approximate surface area is 220 Å². The molecule has 0 bridgehead atoms. The highest BCUT2D eigenvalue weighted by Crippen LogP contribution is 2.32. The van der Waals surface area contributed by atoms with Crippen molar-refractivity contribution in [3.05, 3.63) is 120 Å². The highest BCUT2D eigenvalue weighted by atomic mass is 19.1. The first-order chi connectivity index (χ1) is 18.5. The highest BCUT2D eigenvalue weighted by Gasteiger charge is 2.32. The summed E-state index contributed by atoms with van der Waals surface area (Å²) < 4.78 is 24.5. The number of ether oxygens (including phenoxy) is 2. The van der Waals surface area contributed by atoms with E-state index in [-0.39, 0.29) is 18.9 Å². The fourth-order valence-corrected chi connectivity index (χ4v) is 4.10. The number of rotatable bonds is 10. The van der Waals surface area contributed by atoms with Gasteiger partial charge in [-0.15, -0.1) is 0 Å². The number of nitrogens with zero attached hydrogens (tertiary/aromatic N) is 2. The molecule has 4 aromatic rings. The summed E-state index contributed by atoms with van der Waals surface area (Å²) in [5, 5.41) is 2.89. The lowest BCUT2D eigenvalue weighted by Gasteiger charge is -2.32. The summed E-state index contributed by atoms with van der Waals surface area (Å²) in [7, 11) is 3.02. The Kier molecular flexibility index (Phi) is 8.66. The maximum Gasteiger partial charge on any atom is 0.251 e. The van der Waals surface area contributed by atoms with Gasteiger partial charge in [-0.25, -0.2) is 4.39 Å². The second-order valence-corrected chi connectivity index (χ2v) is 8.55. The van der Waals surface area contributed by atoms with Gasteiger partial charge in [-0.3, -0.25) is 14.6 Å². The van der Waals surface area contributed by atoms with Crippen LogP contribution in [0.1, 0.15) is 22.7 Å². The van der Waals surface area contributed by atoms with E-state index in [0.717, 1.165) is 11.1 Å². The molecule has 0 aliphatic heterocycles. The van der Waals surface area contributed by atoms with Crippen molar-refractivity contribution in [2.24, 2.45) is 0 Å². The van der Waals surface area contributed by atoms with Gasteiger partial charge >= 0.3 is 0 Å². The molecule has 0 aliphatic rings. The predicted octanol–water partition coefficient (Wildman–Crippen LogP) is 5.19. The number of hydrogen-bond donors (Lipinski definition) is 1. The minimum atomic E-state index is -1.07. The number of carbonyl (C=O) groups is 2. The molecule has 0 saturated carbocycles. The molecule has 0 aliphatic carbocycles. The molecule has 1 N–H and O–H groups in total. The number of nitrogens with one attached hydrogen (secondary N) is 1. The molecule has 1 heterocycles. The number of pyridine rings is 1. The van der Waals surface area contributed by atoms with Crippen LogP contribution in [0.25, 0.3) is 0 Å². The summed E-state index contributed by atoms with van der Waals surface area (Å²) in [5.74, 6) is -0.244. The molecule has 0 radical (unpaired) electrons. The minimum Gasteiger partial charge on any atom is -0.497 e. The minimum absolute atomic E-state index is 0.0813. The Bertz CT molecular complexity index is 1370. The molecule has 2 amide bonds. The van der Waals surface area contributed by atoms with Gasteiger partial charge < -0.3 is 19.7 Å². The van der Waals surface area contributed by atoms with E-state index in [1.165, 1.54) is 43.4 Å². The van der Waals surface area contributed by atoms with Crippen LogP contribution < -0.4 is 14.8 Å². The third kappa shape index (κ3) is 6.53. The van der Waals surface area contributed by atoms with Crippen molar-refractivity contribution in [2.75, 3.05) is 19.5 Å². The molecular formula is C30H28FN3O4. The molecule has 0 spiro atoms. The van der Waals surface area contributed by atoms with Gasteiger partial charge in [0.15, 0.2) is 0 Å². The molecule has 38 heavy (non-hydrogen) atoms. The molecule has 7 nitrogen and oxygen atoms in total. The topological polar surface area (TPSA) is 80.8 Å².